The van der Waals surface area contributed by atoms with Gasteiger partial charge in [0, 0.05) is 30.6 Å². The summed E-state index contributed by atoms with van der Waals surface area (Å²) in [6.07, 6.45) is 2.68. The predicted octanol–water partition coefficient (Wildman–Crippen LogP) is 4.42. The van der Waals surface area contributed by atoms with Crippen LogP contribution in [0.3, 0.4) is 0 Å². The second kappa shape index (κ2) is 10.7. The number of aryl methyl sites for hydroxylation is 2. The lowest BCUT2D eigenvalue weighted by Crippen LogP contribution is -2.47. The molecule has 1 N–H and O–H groups in total. The molecular formula is C23H26Cl2N2O3. The maximum Gasteiger partial charge on any atom is 0.260 e. The van der Waals surface area contributed by atoms with Crippen molar-refractivity contribution in [1.29, 1.82) is 0 Å². The highest BCUT2D eigenvalue weighted by atomic mass is 35.5. The number of benzene rings is 2. The summed E-state index contributed by atoms with van der Waals surface area (Å²) in [6.45, 7) is 3.17. The van der Waals surface area contributed by atoms with Crippen LogP contribution in [0.15, 0.2) is 42.5 Å². The van der Waals surface area contributed by atoms with Crippen molar-refractivity contribution in [3.8, 4) is 5.75 Å². The van der Waals surface area contributed by atoms with Crippen LogP contribution < -0.4 is 10.1 Å². The SMILES string of the molecule is Cc1ccc(CCC(=O)NC2CCN(C(=O)COc3ccc(Cl)cc3Cl)CC2)cc1. The van der Waals surface area contributed by atoms with E-state index in [1.165, 1.54) is 5.56 Å². The average Bonchev–Trinajstić information content (AvgIpc) is 2.73. The summed E-state index contributed by atoms with van der Waals surface area (Å²) < 4.78 is 5.53. The first-order valence-corrected chi connectivity index (χ1v) is 10.9. The lowest BCUT2D eigenvalue weighted by molar-refractivity contribution is -0.134. The molecule has 0 aromatic heterocycles. The van der Waals surface area contributed by atoms with E-state index in [1.807, 2.05) is 6.92 Å². The Morgan fingerprint density at radius 3 is 2.47 bits per heavy atom. The number of hydrogen-bond acceptors (Lipinski definition) is 3. The van der Waals surface area contributed by atoms with Crippen molar-refractivity contribution in [3.63, 3.8) is 0 Å². The van der Waals surface area contributed by atoms with E-state index in [2.05, 4.69) is 29.6 Å². The smallest absolute Gasteiger partial charge is 0.260 e. The summed E-state index contributed by atoms with van der Waals surface area (Å²) in [4.78, 5) is 26.4. The number of nitrogens with zero attached hydrogens (tertiary/aromatic N) is 1. The van der Waals surface area contributed by atoms with Gasteiger partial charge in [-0.2, -0.15) is 0 Å². The van der Waals surface area contributed by atoms with E-state index in [1.54, 1.807) is 23.1 Å². The third kappa shape index (κ3) is 6.64. The zero-order chi connectivity index (χ0) is 21.5. The molecule has 7 heteroatoms. The fraction of sp³-hybridized carbons (Fsp3) is 0.391. The molecule has 1 fully saturated rings. The second-order valence-corrected chi connectivity index (χ2v) is 8.42. The molecule has 2 amide bonds. The number of carbonyl (C=O) groups is 2. The number of nitrogens with one attached hydrogen (secondary N) is 1. The van der Waals surface area contributed by atoms with Crippen LogP contribution in [0.25, 0.3) is 0 Å². The Kier molecular flexibility index (Phi) is 8.00. The van der Waals surface area contributed by atoms with Crippen LogP contribution >= 0.6 is 23.2 Å². The van der Waals surface area contributed by atoms with Gasteiger partial charge in [0.25, 0.3) is 5.91 Å². The first-order chi connectivity index (χ1) is 14.4. The quantitative estimate of drug-likeness (QED) is 0.681. The highest BCUT2D eigenvalue weighted by molar-refractivity contribution is 6.35. The van der Waals surface area contributed by atoms with Gasteiger partial charge >= 0.3 is 0 Å². The molecule has 1 aliphatic rings. The molecule has 2 aromatic rings. The second-order valence-electron chi connectivity index (χ2n) is 7.57. The van der Waals surface area contributed by atoms with Gasteiger partial charge in [0.05, 0.1) is 5.02 Å². The first-order valence-electron chi connectivity index (χ1n) is 10.1. The van der Waals surface area contributed by atoms with E-state index in [0.29, 0.717) is 35.3 Å². The van der Waals surface area contributed by atoms with E-state index in [9.17, 15) is 9.59 Å². The Morgan fingerprint density at radius 1 is 1.10 bits per heavy atom. The number of carbonyl (C=O) groups excluding carboxylic acids is 2. The van der Waals surface area contributed by atoms with Crippen molar-refractivity contribution < 1.29 is 14.3 Å². The number of likely N-dealkylation sites (tertiary alicyclic amines) is 1. The predicted molar refractivity (Wildman–Crippen MR) is 119 cm³/mol. The van der Waals surface area contributed by atoms with Gasteiger partial charge in [-0.1, -0.05) is 53.0 Å². The largest absolute Gasteiger partial charge is 0.482 e. The van der Waals surface area contributed by atoms with Crippen molar-refractivity contribution in [2.75, 3.05) is 19.7 Å². The minimum atomic E-state index is -0.0924. The Labute approximate surface area is 187 Å². The Balaban J connectivity index is 1.36. The van der Waals surface area contributed by atoms with Crippen LogP contribution in [0.1, 0.15) is 30.4 Å². The number of rotatable bonds is 7. The monoisotopic (exact) mass is 448 g/mol. The van der Waals surface area contributed by atoms with E-state index in [0.717, 1.165) is 24.8 Å². The van der Waals surface area contributed by atoms with Crippen molar-refractivity contribution in [3.05, 3.63) is 63.6 Å². The van der Waals surface area contributed by atoms with Crippen molar-refractivity contribution in [2.24, 2.45) is 0 Å². The third-order valence-corrected chi connectivity index (χ3v) is 5.75. The molecule has 0 aliphatic carbocycles. The molecule has 1 saturated heterocycles. The van der Waals surface area contributed by atoms with Gasteiger partial charge < -0.3 is 15.0 Å². The summed E-state index contributed by atoms with van der Waals surface area (Å²) in [5, 5.41) is 3.99. The number of piperidine rings is 1. The molecule has 30 heavy (non-hydrogen) atoms. The molecule has 160 valence electrons. The Morgan fingerprint density at radius 2 is 1.80 bits per heavy atom. The zero-order valence-corrected chi connectivity index (χ0v) is 18.5. The molecule has 1 heterocycles. The van der Waals surface area contributed by atoms with E-state index < -0.39 is 0 Å². The molecule has 1 aliphatic heterocycles. The molecular weight excluding hydrogens is 423 g/mol. The summed E-state index contributed by atoms with van der Waals surface area (Å²) in [6, 6.07) is 13.2. The Hall–Kier alpha value is -2.24. The molecule has 0 radical (unpaired) electrons. The van der Waals surface area contributed by atoms with Crippen molar-refractivity contribution >= 4 is 35.0 Å². The van der Waals surface area contributed by atoms with Crippen LogP contribution in [-0.4, -0.2) is 42.5 Å². The summed E-state index contributed by atoms with van der Waals surface area (Å²) in [5.41, 5.74) is 2.38. The minimum Gasteiger partial charge on any atom is -0.482 e. The fourth-order valence-electron chi connectivity index (χ4n) is 3.41. The standard InChI is InChI=1S/C23H26Cl2N2O3/c1-16-2-4-17(5-3-16)6-9-22(28)26-19-10-12-27(13-11-19)23(29)15-30-21-8-7-18(24)14-20(21)25/h2-5,7-8,14,19H,6,9-13,15H2,1H3,(H,26,28). The normalized spacial score (nSPS) is 14.4. The molecule has 0 spiro atoms. The number of hydrogen-bond donors (Lipinski definition) is 1. The van der Waals surface area contributed by atoms with Gasteiger partial charge in [0.1, 0.15) is 5.75 Å². The number of halogens is 2. The third-order valence-electron chi connectivity index (χ3n) is 5.22. The summed E-state index contributed by atoms with van der Waals surface area (Å²) >= 11 is 11.9. The maximum atomic E-state index is 12.4. The van der Waals surface area contributed by atoms with Crippen LogP contribution in [-0.2, 0) is 16.0 Å². The van der Waals surface area contributed by atoms with Gasteiger partial charge in [0.2, 0.25) is 5.91 Å². The van der Waals surface area contributed by atoms with Crippen molar-refractivity contribution in [1.82, 2.24) is 10.2 Å². The topological polar surface area (TPSA) is 58.6 Å². The van der Waals surface area contributed by atoms with Gasteiger partial charge in [0.15, 0.2) is 6.61 Å². The fourth-order valence-corrected chi connectivity index (χ4v) is 3.87. The van der Waals surface area contributed by atoms with E-state index >= 15 is 0 Å². The molecule has 0 saturated carbocycles. The molecule has 0 atom stereocenters. The van der Waals surface area contributed by atoms with Gasteiger partial charge in [-0.3, -0.25) is 9.59 Å². The van der Waals surface area contributed by atoms with Crippen LogP contribution in [0, 0.1) is 6.92 Å². The number of amides is 2. The number of ether oxygens (including phenoxy) is 1. The average molecular weight is 449 g/mol. The molecule has 5 nitrogen and oxygen atoms in total. The molecule has 3 rings (SSSR count). The molecule has 2 aromatic carbocycles. The van der Waals surface area contributed by atoms with Crippen LogP contribution in [0.2, 0.25) is 10.0 Å². The van der Waals surface area contributed by atoms with Crippen molar-refractivity contribution in [2.45, 2.75) is 38.6 Å². The highest BCUT2D eigenvalue weighted by Crippen LogP contribution is 2.27. The lowest BCUT2D eigenvalue weighted by atomic mass is 10.0. The minimum absolute atomic E-state index is 0.0565. The van der Waals surface area contributed by atoms with Crippen LogP contribution in [0.4, 0.5) is 0 Å². The lowest BCUT2D eigenvalue weighted by Gasteiger charge is -2.32. The maximum absolute atomic E-state index is 12.4. The molecule has 0 bridgehead atoms. The van der Waals surface area contributed by atoms with Gasteiger partial charge in [-0.15, -0.1) is 0 Å². The van der Waals surface area contributed by atoms with Crippen LogP contribution in [0.5, 0.6) is 5.75 Å². The Bertz CT molecular complexity index is 879. The van der Waals surface area contributed by atoms with Gasteiger partial charge in [-0.25, -0.2) is 0 Å². The first kappa shape index (κ1) is 22.4. The van der Waals surface area contributed by atoms with E-state index in [4.69, 9.17) is 27.9 Å². The zero-order valence-electron chi connectivity index (χ0n) is 17.0. The highest BCUT2D eigenvalue weighted by Gasteiger charge is 2.24. The van der Waals surface area contributed by atoms with E-state index in [-0.39, 0.29) is 24.5 Å². The molecule has 0 unspecified atom stereocenters. The summed E-state index contributed by atoms with van der Waals surface area (Å²) in [5.74, 6) is 0.399. The summed E-state index contributed by atoms with van der Waals surface area (Å²) in [7, 11) is 0. The van der Waals surface area contributed by atoms with Gasteiger partial charge in [-0.05, 0) is 49.9 Å².